The summed E-state index contributed by atoms with van der Waals surface area (Å²) in [6.07, 6.45) is 4.99. The molecule has 0 bridgehead atoms. The second-order valence-electron chi connectivity index (χ2n) is 5.49. The molecule has 1 rings (SSSR count). The predicted molar refractivity (Wildman–Crippen MR) is 80.4 cm³/mol. The maximum atomic E-state index is 12.0. The molecule has 0 spiro atoms. The fourth-order valence-electron chi connectivity index (χ4n) is 2.66. The molecule has 1 fully saturated rings. The fourth-order valence-corrected chi connectivity index (χ4v) is 2.66. The van der Waals surface area contributed by atoms with Crippen LogP contribution in [0.4, 0.5) is 0 Å². The Morgan fingerprint density at radius 2 is 2.00 bits per heavy atom. The van der Waals surface area contributed by atoms with E-state index in [0.717, 1.165) is 19.4 Å². The van der Waals surface area contributed by atoms with Crippen molar-refractivity contribution in [1.82, 2.24) is 15.5 Å². The largest absolute Gasteiger partial charge is 0.345 e. The van der Waals surface area contributed by atoms with Crippen LogP contribution in [0.15, 0.2) is 0 Å². The van der Waals surface area contributed by atoms with Crippen molar-refractivity contribution in [3.63, 3.8) is 0 Å². The average molecular weight is 283 g/mol. The highest BCUT2D eigenvalue weighted by molar-refractivity contribution is 5.87. The molecule has 1 saturated heterocycles. The Morgan fingerprint density at radius 3 is 2.55 bits per heavy atom. The molecule has 1 aliphatic rings. The lowest BCUT2D eigenvalue weighted by Crippen LogP contribution is -2.47. The highest BCUT2D eigenvalue weighted by atomic mass is 16.2. The highest BCUT2D eigenvalue weighted by Gasteiger charge is 2.20. The lowest BCUT2D eigenvalue weighted by Gasteiger charge is -2.25. The first-order valence-electron chi connectivity index (χ1n) is 7.90. The topological polar surface area (TPSA) is 61.4 Å². The van der Waals surface area contributed by atoms with Crippen LogP contribution in [0, 0.1) is 0 Å². The number of hydrogen-bond acceptors (Lipinski definition) is 3. The highest BCUT2D eigenvalue weighted by Crippen LogP contribution is 2.11. The van der Waals surface area contributed by atoms with Gasteiger partial charge in [-0.2, -0.15) is 0 Å². The lowest BCUT2D eigenvalue weighted by molar-refractivity contribution is -0.135. The Kier molecular flexibility index (Phi) is 7.59. The molecule has 0 aliphatic carbocycles. The molecule has 0 aromatic rings. The van der Waals surface area contributed by atoms with E-state index < -0.39 is 6.04 Å². The van der Waals surface area contributed by atoms with Gasteiger partial charge in [0.05, 0.1) is 0 Å². The first kappa shape index (κ1) is 17.0. The van der Waals surface area contributed by atoms with E-state index >= 15 is 0 Å². The van der Waals surface area contributed by atoms with Crippen LogP contribution in [0.2, 0.25) is 0 Å². The van der Waals surface area contributed by atoms with E-state index in [2.05, 4.69) is 10.6 Å². The van der Waals surface area contributed by atoms with Gasteiger partial charge in [0.1, 0.15) is 6.04 Å². The number of amides is 2. The molecule has 2 N–H and O–H groups in total. The number of nitrogens with one attached hydrogen (secondary N) is 2. The average Bonchev–Trinajstić information content (AvgIpc) is 2.47. The van der Waals surface area contributed by atoms with E-state index in [1.54, 1.807) is 11.8 Å². The first-order valence-corrected chi connectivity index (χ1v) is 7.90. The smallest absolute Gasteiger partial charge is 0.244 e. The SMILES string of the molecule is CCN(CC)C(=O)C(C)NC(=O)CCC1CCCCN1. The monoisotopic (exact) mass is 283 g/mol. The van der Waals surface area contributed by atoms with Crippen LogP contribution in [0.1, 0.15) is 52.9 Å². The quantitative estimate of drug-likeness (QED) is 0.740. The molecule has 20 heavy (non-hydrogen) atoms. The molecule has 116 valence electrons. The molecule has 0 aromatic carbocycles. The zero-order valence-electron chi connectivity index (χ0n) is 13.1. The number of piperidine rings is 1. The third-order valence-electron chi connectivity index (χ3n) is 3.96. The summed E-state index contributed by atoms with van der Waals surface area (Å²) in [7, 11) is 0. The summed E-state index contributed by atoms with van der Waals surface area (Å²) in [5.41, 5.74) is 0. The summed E-state index contributed by atoms with van der Waals surface area (Å²) in [5, 5.41) is 6.24. The molecular weight excluding hydrogens is 254 g/mol. The summed E-state index contributed by atoms with van der Waals surface area (Å²) in [5.74, 6) is -0.0236. The van der Waals surface area contributed by atoms with E-state index in [4.69, 9.17) is 0 Å². The van der Waals surface area contributed by atoms with Crippen LogP contribution < -0.4 is 10.6 Å². The van der Waals surface area contributed by atoms with Crippen molar-refractivity contribution >= 4 is 11.8 Å². The molecule has 0 saturated carbocycles. The van der Waals surface area contributed by atoms with Gasteiger partial charge in [-0.15, -0.1) is 0 Å². The Hall–Kier alpha value is -1.10. The minimum atomic E-state index is -0.429. The van der Waals surface area contributed by atoms with Crippen LogP contribution in [-0.2, 0) is 9.59 Å². The van der Waals surface area contributed by atoms with Gasteiger partial charge < -0.3 is 15.5 Å². The van der Waals surface area contributed by atoms with Crippen molar-refractivity contribution in [3.05, 3.63) is 0 Å². The molecule has 2 amide bonds. The fraction of sp³-hybridized carbons (Fsp3) is 0.867. The zero-order chi connectivity index (χ0) is 15.0. The van der Waals surface area contributed by atoms with Crippen molar-refractivity contribution in [1.29, 1.82) is 0 Å². The van der Waals surface area contributed by atoms with Gasteiger partial charge in [0.25, 0.3) is 0 Å². The third kappa shape index (κ3) is 5.49. The minimum absolute atomic E-state index is 0.000795. The predicted octanol–water partition coefficient (Wildman–Crippen LogP) is 1.28. The van der Waals surface area contributed by atoms with Gasteiger partial charge in [0, 0.05) is 25.6 Å². The number of hydrogen-bond donors (Lipinski definition) is 2. The Morgan fingerprint density at radius 1 is 1.30 bits per heavy atom. The van der Waals surface area contributed by atoms with Crippen molar-refractivity contribution in [3.8, 4) is 0 Å². The van der Waals surface area contributed by atoms with E-state index in [-0.39, 0.29) is 11.8 Å². The van der Waals surface area contributed by atoms with Crippen molar-refractivity contribution in [2.45, 2.75) is 65.0 Å². The summed E-state index contributed by atoms with van der Waals surface area (Å²) in [6, 6.07) is 0.0324. The molecule has 5 nitrogen and oxygen atoms in total. The minimum Gasteiger partial charge on any atom is -0.345 e. The summed E-state index contributed by atoms with van der Waals surface area (Å²) in [6.45, 7) is 8.08. The van der Waals surface area contributed by atoms with E-state index in [1.165, 1.54) is 12.8 Å². The molecule has 0 radical (unpaired) electrons. The van der Waals surface area contributed by atoms with Crippen LogP contribution in [-0.4, -0.2) is 48.4 Å². The van der Waals surface area contributed by atoms with Gasteiger partial charge in [-0.3, -0.25) is 9.59 Å². The summed E-state index contributed by atoms with van der Waals surface area (Å²) in [4.78, 5) is 25.7. The molecular formula is C15H29N3O2. The normalized spacial score (nSPS) is 20.2. The van der Waals surface area contributed by atoms with Crippen LogP contribution in [0.25, 0.3) is 0 Å². The van der Waals surface area contributed by atoms with Crippen molar-refractivity contribution < 1.29 is 9.59 Å². The molecule has 2 atom stereocenters. The van der Waals surface area contributed by atoms with E-state index in [0.29, 0.717) is 25.6 Å². The van der Waals surface area contributed by atoms with E-state index in [1.807, 2.05) is 13.8 Å². The molecule has 0 aromatic heterocycles. The Balaban J connectivity index is 2.28. The third-order valence-corrected chi connectivity index (χ3v) is 3.96. The number of rotatable bonds is 7. The second kappa shape index (κ2) is 8.95. The van der Waals surface area contributed by atoms with Gasteiger partial charge in [0.2, 0.25) is 11.8 Å². The Bertz CT molecular complexity index is 310. The maximum absolute atomic E-state index is 12.0. The van der Waals surface area contributed by atoms with Crippen molar-refractivity contribution in [2.24, 2.45) is 0 Å². The summed E-state index contributed by atoms with van der Waals surface area (Å²) < 4.78 is 0. The first-order chi connectivity index (χ1) is 9.58. The molecule has 5 heteroatoms. The number of carbonyl (C=O) groups excluding carboxylic acids is 2. The van der Waals surface area contributed by atoms with Crippen LogP contribution in [0.3, 0.4) is 0 Å². The van der Waals surface area contributed by atoms with E-state index in [9.17, 15) is 9.59 Å². The number of likely N-dealkylation sites (N-methyl/N-ethyl adjacent to an activating group) is 1. The van der Waals surface area contributed by atoms with Crippen LogP contribution >= 0.6 is 0 Å². The summed E-state index contributed by atoms with van der Waals surface area (Å²) >= 11 is 0. The number of carbonyl (C=O) groups is 2. The maximum Gasteiger partial charge on any atom is 0.244 e. The lowest BCUT2D eigenvalue weighted by atomic mass is 10.0. The standard InChI is InChI=1S/C15H29N3O2/c1-4-18(5-2)15(20)12(3)17-14(19)10-9-13-8-6-7-11-16-13/h12-13,16H,4-11H2,1-3H3,(H,17,19). The van der Waals surface area contributed by atoms with Gasteiger partial charge >= 0.3 is 0 Å². The van der Waals surface area contributed by atoms with Gasteiger partial charge in [-0.05, 0) is 46.6 Å². The van der Waals surface area contributed by atoms with Gasteiger partial charge in [-0.25, -0.2) is 0 Å². The molecule has 2 unspecified atom stereocenters. The second-order valence-corrected chi connectivity index (χ2v) is 5.49. The zero-order valence-corrected chi connectivity index (χ0v) is 13.1. The van der Waals surface area contributed by atoms with Crippen LogP contribution in [0.5, 0.6) is 0 Å². The van der Waals surface area contributed by atoms with Crippen molar-refractivity contribution in [2.75, 3.05) is 19.6 Å². The number of nitrogens with zero attached hydrogens (tertiary/aromatic N) is 1. The molecule has 1 aliphatic heterocycles. The van der Waals surface area contributed by atoms with Gasteiger partial charge in [-0.1, -0.05) is 6.42 Å². The van der Waals surface area contributed by atoms with Gasteiger partial charge in [0.15, 0.2) is 0 Å². The molecule has 1 heterocycles. The Labute approximate surface area is 122 Å².